The van der Waals surface area contributed by atoms with E-state index < -0.39 is 15.7 Å². The first-order valence-electron chi connectivity index (χ1n) is 14.2. The molecule has 224 valence electrons. The van der Waals surface area contributed by atoms with Crippen LogP contribution >= 0.6 is 0 Å². The molecule has 2 N–H and O–H groups in total. The Hall–Kier alpha value is -2.86. The lowest BCUT2D eigenvalue weighted by Gasteiger charge is -2.38. The second-order valence-corrected chi connectivity index (χ2v) is 14.5. The van der Waals surface area contributed by atoms with Gasteiger partial charge < -0.3 is 15.5 Å². The molecule has 9 nitrogen and oxygen atoms in total. The Bertz CT molecular complexity index is 1320. The zero-order valence-electron chi connectivity index (χ0n) is 24.3. The first-order valence-corrected chi connectivity index (χ1v) is 16.0. The molecule has 0 spiro atoms. The number of Topliss-reactive ketones (excluding diaryl/α,β-unsaturated/α-hetero) is 1. The van der Waals surface area contributed by atoms with E-state index in [1.54, 1.807) is 0 Å². The van der Waals surface area contributed by atoms with Crippen molar-refractivity contribution < 1.29 is 22.4 Å². The Morgan fingerprint density at radius 3 is 2.10 bits per heavy atom. The van der Waals surface area contributed by atoms with Crippen LogP contribution in [0.3, 0.4) is 0 Å². The summed E-state index contributed by atoms with van der Waals surface area (Å²) in [4.78, 5) is 33.4. The topological polar surface area (TPSA) is 107 Å². The lowest BCUT2D eigenvalue weighted by molar-refractivity contribution is 0.0983. The van der Waals surface area contributed by atoms with Crippen molar-refractivity contribution in [1.82, 2.24) is 14.7 Å². The van der Waals surface area contributed by atoms with Gasteiger partial charge in [0, 0.05) is 69.2 Å². The zero-order chi connectivity index (χ0) is 29.8. The highest BCUT2D eigenvalue weighted by molar-refractivity contribution is 7.91. The molecular weight excluding hydrogens is 545 g/mol. The fourth-order valence-corrected chi connectivity index (χ4v) is 6.50. The number of anilines is 1. The number of nitrogens with zero attached hydrogens (tertiary/aromatic N) is 4. The summed E-state index contributed by atoms with van der Waals surface area (Å²) in [7, 11) is -3.18. The van der Waals surface area contributed by atoms with Crippen molar-refractivity contribution in [1.29, 1.82) is 0 Å². The SMILES string of the molecule is CC(C)(C)CN1CCN(Cc2ccc(N(Cc3ccc(C(=O)CN)cc3F)C(=O)N3CCS(=O)(=O)CC3)cc2)CC1. The molecule has 2 aromatic carbocycles. The van der Waals surface area contributed by atoms with Gasteiger partial charge in [-0.2, -0.15) is 0 Å². The van der Waals surface area contributed by atoms with Crippen molar-refractivity contribution >= 4 is 27.3 Å². The van der Waals surface area contributed by atoms with Gasteiger partial charge in [0.05, 0.1) is 24.6 Å². The number of hydrogen-bond donors (Lipinski definition) is 1. The molecule has 0 saturated carbocycles. The van der Waals surface area contributed by atoms with Gasteiger partial charge in [0.25, 0.3) is 0 Å². The number of carbonyl (C=O) groups is 2. The van der Waals surface area contributed by atoms with Crippen LogP contribution in [0.15, 0.2) is 42.5 Å². The van der Waals surface area contributed by atoms with E-state index in [0.29, 0.717) is 5.69 Å². The quantitative estimate of drug-likeness (QED) is 0.473. The maximum absolute atomic E-state index is 15.0. The van der Waals surface area contributed by atoms with Gasteiger partial charge in [-0.3, -0.25) is 14.6 Å². The molecule has 2 amide bonds. The van der Waals surface area contributed by atoms with Crippen molar-refractivity contribution in [3.63, 3.8) is 0 Å². The summed E-state index contributed by atoms with van der Waals surface area (Å²) in [5.41, 5.74) is 7.81. The summed E-state index contributed by atoms with van der Waals surface area (Å²) in [5, 5.41) is 0. The molecule has 0 atom stereocenters. The average Bonchev–Trinajstić information content (AvgIpc) is 2.92. The Morgan fingerprint density at radius 1 is 0.927 bits per heavy atom. The van der Waals surface area contributed by atoms with Gasteiger partial charge in [-0.1, -0.05) is 45.0 Å². The average molecular weight is 588 g/mol. The van der Waals surface area contributed by atoms with Crippen LogP contribution in [0.2, 0.25) is 0 Å². The predicted octanol–water partition coefficient (Wildman–Crippen LogP) is 2.99. The van der Waals surface area contributed by atoms with Crippen molar-refractivity contribution in [2.75, 3.05) is 68.8 Å². The summed E-state index contributed by atoms with van der Waals surface area (Å²) in [6.45, 7) is 12.6. The molecule has 0 aliphatic carbocycles. The zero-order valence-corrected chi connectivity index (χ0v) is 25.1. The molecule has 2 aromatic rings. The molecule has 0 aromatic heterocycles. The minimum absolute atomic E-state index is 0.0693. The van der Waals surface area contributed by atoms with E-state index in [-0.39, 0.29) is 66.0 Å². The number of benzene rings is 2. The first-order chi connectivity index (χ1) is 19.3. The normalized spacial score (nSPS) is 18.3. The molecule has 2 saturated heterocycles. The van der Waals surface area contributed by atoms with E-state index >= 15 is 4.39 Å². The second kappa shape index (κ2) is 13.0. The van der Waals surface area contributed by atoms with Gasteiger partial charge in [-0.05, 0) is 29.2 Å². The molecule has 11 heteroatoms. The fourth-order valence-electron chi connectivity index (χ4n) is 5.30. The number of urea groups is 1. The van der Waals surface area contributed by atoms with Crippen molar-refractivity contribution in [3.8, 4) is 0 Å². The molecule has 0 radical (unpaired) electrons. The van der Waals surface area contributed by atoms with E-state index in [2.05, 4.69) is 30.6 Å². The van der Waals surface area contributed by atoms with Crippen LogP contribution in [-0.2, 0) is 22.9 Å². The van der Waals surface area contributed by atoms with Crippen LogP contribution in [0.4, 0.5) is 14.9 Å². The minimum atomic E-state index is -3.18. The van der Waals surface area contributed by atoms with Crippen LogP contribution in [0.5, 0.6) is 0 Å². The Kier molecular flexibility index (Phi) is 9.84. The van der Waals surface area contributed by atoms with Gasteiger partial charge in [-0.25, -0.2) is 17.6 Å². The van der Waals surface area contributed by atoms with Crippen LogP contribution < -0.4 is 10.6 Å². The number of sulfone groups is 1. The van der Waals surface area contributed by atoms with E-state index in [9.17, 15) is 18.0 Å². The molecule has 41 heavy (non-hydrogen) atoms. The number of piperazine rings is 1. The molecule has 2 heterocycles. The summed E-state index contributed by atoms with van der Waals surface area (Å²) >= 11 is 0. The number of carbonyl (C=O) groups excluding carboxylic acids is 2. The van der Waals surface area contributed by atoms with E-state index in [0.717, 1.165) is 50.9 Å². The van der Waals surface area contributed by atoms with E-state index in [1.165, 1.54) is 21.9 Å². The van der Waals surface area contributed by atoms with Gasteiger partial charge >= 0.3 is 6.03 Å². The highest BCUT2D eigenvalue weighted by atomic mass is 32.2. The van der Waals surface area contributed by atoms with Gasteiger partial charge in [0.15, 0.2) is 15.6 Å². The summed E-state index contributed by atoms with van der Waals surface area (Å²) in [5.74, 6) is -1.17. The summed E-state index contributed by atoms with van der Waals surface area (Å²) in [6, 6.07) is 11.4. The Morgan fingerprint density at radius 2 is 1.54 bits per heavy atom. The molecule has 0 unspecified atom stereocenters. The molecule has 2 fully saturated rings. The van der Waals surface area contributed by atoms with Gasteiger partial charge in [0.1, 0.15) is 5.82 Å². The summed E-state index contributed by atoms with van der Waals surface area (Å²) in [6.07, 6.45) is 0. The standard InChI is InChI=1S/C30H42FN5O4S/c1-30(2,3)22-34-12-10-33(11-13-34)20-23-4-8-26(9-5-23)36(29(38)35-14-16-41(39,40)17-15-35)21-25-7-6-24(18-27(25)31)28(37)19-32/h4-9,18H,10-17,19-22,32H2,1-3H3. The highest BCUT2D eigenvalue weighted by Crippen LogP contribution is 2.24. The molecular formula is C30H42FN5O4S. The van der Waals surface area contributed by atoms with Gasteiger partial charge in [-0.15, -0.1) is 0 Å². The number of nitrogens with two attached hydrogens (primary N) is 1. The third kappa shape index (κ3) is 8.57. The third-order valence-corrected chi connectivity index (χ3v) is 9.16. The summed E-state index contributed by atoms with van der Waals surface area (Å²) < 4.78 is 38.9. The van der Waals surface area contributed by atoms with Crippen molar-refractivity contribution in [2.24, 2.45) is 11.1 Å². The minimum Gasteiger partial charge on any atom is -0.324 e. The van der Waals surface area contributed by atoms with E-state index in [1.807, 2.05) is 24.3 Å². The van der Waals surface area contributed by atoms with Crippen LogP contribution in [-0.4, -0.2) is 98.8 Å². The molecule has 0 bridgehead atoms. The van der Waals surface area contributed by atoms with Crippen molar-refractivity contribution in [2.45, 2.75) is 33.9 Å². The van der Waals surface area contributed by atoms with E-state index in [4.69, 9.17) is 5.73 Å². The monoisotopic (exact) mass is 587 g/mol. The van der Waals surface area contributed by atoms with Crippen LogP contribution in [0.1, 0.15) is 42.3 Å². The Labute approximate surface area is 243 Å². The largest absolute Gasteiger partial charge is 0.324 e. The maximum Gasteiger partial charge on any atom is 0.324 e. The molecule has 2 aliphatic heterocycles. The molecule has 2 aliphatic rings. The lowest BCUT2D eigenvalue weighted by Crippen LogP contribution is -2.49. The number of ketones is 1. The maximum atomic E-state index is 15.0. The second-order valence-electron chi connectivity index (χ2n) is 12.2. The number of hydrogen-bond acceptors (Lipinski definition) is 7. The van der Waals surface area contributed by atoms with Gasteiger partial charge in [0.2, 0.25) is 0 Å². The van der Waals surface area contributed by atoms with Crippen LogP contribution in [0.25, 0.3) is 0 Å². The van der Waals surface area contributed by atoms with Crippen LogP contribution in [0, 0.1) is 11.2 Å². The highest BCUT2D eigenvalue weighted by Gasteiger charge is 2.30. The third-order valence-electron chi connectivity index (χ3n) is 7.55. The Balaban J connectivity index is 1.49. The number of halogens is 1. The number of rotatable bonds is 8. The smallest absolute Gasteiger partial charge is 0.324 e. The van der Waals surface area contributed by atoms with Crippen molar-refractivity contribution in [3.05, 3.63) is 65.0 Å². The fraction of sp³-hybridized carbons (Fsp3) is 0.533. The number of amides is 2. The lowest BCUT2D eigenvalue weighted by atomic mass is 9.96. The molecule has 4 rings (SSSR count). The predicted molar refractivity (Wildman–Crippen MR) is 159 cm³/mol. The first kappa shape index (κ1) is 31.1.